The van der Waals surface area contributed by atoms with Gasteiger partial charge in [0.15, 0.2) is 6.23 Å². The van der Waals surface area contributed by atoms with Crippen LogP contribution < -0.4 is 10.1 Å². The Morgan fingerprint density at radius 1 is 0.976 bits per heavy atom. The lowest BCUT2D eigenvalue weighted by molar-refractivity contribution is -0.190. The summed E-state index contributed by atoms with van der Waals surface area (Å²) in [6.45, 7) is 7.80. The zero-order chi connectivity index (χ0) is 30.5. The second-order valence-electron chi connectivity index (χ2n) is 11.4. The second kappa shape index (κ2) is 13.2. The molecule has 2 saturated heterocycles. The number of unbranched alkanes of at least 4 members (excludes halogenated alkanes) is 1. The zero-order valence-electron chi connectivity index (χ0n) is 24.5. The van der Waals surface area contributed by atoms with Crippen LogP contribution in [-0.4, -0.2) is 53.5 Å². The van der Waals surface area contributed by atoms with Crippen molar-refractivity contribution in [2.24, 2.45) is 11.3 Å². The van der Waals surface area contributed by atoms with E-state index in [0.29, 0.717) is 55.9 Å². The van der Waals surface area contributed by atoms with Crippen molar-refractivity contribution in [2.45, 2.75) is 78.1 Å². The van der Waals surface area contributed by atoms with E-state index in [1.807, 2.05) is 18.7 Å². The quantitative estimate of drug-likeness (QED) is 0.249. The largest absolute Gasteiger partial charge is 0.469 e. The number of carbonyl (C=O) groups is 3. The first-order valence-electron chi connectivity index (χ1n) is 14.8. The summed E-state index contributed by atoms with van der Waals surface area (Å²) in [7, 11) is 0. The van der Waals surface area contributed by atoms with Crippen molar-refractivity contribution in [3.8, 4) is 5.75 Å². The van der Waals surface area contributed by atoms with Crippen LogP contribution in [0.2, 0.25) is 0 Å². The topological polar surface area (TPSA) is 79.0 Å². The van der Waals surface area contributed by atoms with Crippen LogP contribution >= 0.6 is 0 Å². The molecule has 0 radical (unpaired) electrons. The number of benzene rings is 2. The van der Waals surface area contributed by atoms with Crippen LogP contribution in [0.15, 0.2) is 48.5 Å². The molecule has 10 heteroatoms. The molecule has 0 saturated carbocycles. The number of hydrogen-bond donors (Lipinski definition) is 1. The van der Waals surface area contributed by atoms with Gasteiger partial charge in [0.25, 0.3) is 5.91 Å². The Morgan fingerprint density at radius 3 is 2.17 bits per heavy atom. The number of halogens is 3. The predicted molar refractivity (Wildman–Crippen MR) is 153 cm³/mol. The lowest BCUT2D eigenvalue weighted by Crippen LogP contribution is -2.73. The molecule has 2 heterocycles. The van der Waals surface area contributed by atoms with Crippen molar-refractivity contribution in [3.63, 3.8) is 0 Å². The number of likely N-dealkylation sites (tertiary alicyclic amines) is 2. The van der Waals surface area contributed by atoms with Crippen LogP contribution in [-0.2, 0) is 17.4 Å². The summed E-state index contributed by atoms with van der Waals surface area (Å²) < 4.78 is 44.4. The zero-order valence-corrected chi connectivity index (χ0v) is 24.5. The highest BCUT2D eigenvalue weighted by atomic mass is 19.4. The molecule has 228 valence electrons. The number of amides is 4. The Balaban J connectivity index is 1.31. The molecular weight excluding hydrogens is 547 g/mol. The molecule has 2 aliphatic heterocycles. The summed E-state index contributed by atoms with van der Waals surface area (Å²) in [5.74, 6) is 0.797. The van der Waals surface area contributed by atoms with E-state index >= 15 is 0 Å². The number of piperidine rings is 1. The van der Waals surface area contributed by atoms with Crippen LogP contribution in [0.25, 0.3) is 0 Å². The van der Waals surface area contributed by atoms with Crippen molar-refractivity contribution in [2.75, 3.05) is 19.6 Å². The third-order valence-corrected chi connectivity index (χ3v) is 8.70. The van der Waals surface area contributed by atoms with Gasteiger partial charge in [0.2, 0.25) is 5.91 Å². The van der Waals surface area contributed by atoms with Crippen molar-refractivity contribution < 1.29 is 32.3 Å². The first-order valence-corrected chi connectivity index (χ1v) is 14.8. The number of β-lactam (4-membered cyclic amide) rings is 1. The number of imide groups is 1. The van der Waals surface area contributed by atoms with E-state index in [0.717, 1.165) is 48.5 Å². The number of ether oxygens (including phenoxy) is 1. The molecule has 0 spiro atoms. The van der Waals surface area contributed by atoms with Crippen molar-refractivity contribution in [1.29, 1.82) is 0 Å². The van der Waals surface area contributed by atoms with Gasteiger partial charge in [0, 0.05) is 25.2 Å². The van der Waals surface area contributed by atoms with Crippen LogP contribution in [0.5, 0.6) is 5.75 Å². The maximum atomic E-state index is 13.2. The highest BCUT2D eigenvalue weighted by molar-refractivity contribution is 6.03. The summed E-state index contributed by atoms with van der Waals surface area (Å²) in [6.07, 6.45) is -0.301. The van der Waals surface area contributed by atoms with Gasteiger partial charge in [-0.2, -0.15) is 13.2 Å². The molecule has 0 aliphatic carbocycles. The Kier molecular flexibility index (Phi) is 9.84. The van der Waals surface area contributed by atoms with E-state index in [9.17, 15) is 27.6 Å². The number of urea groups is 1. The molecule has 2 aromatic rings. The van der Waals surface area contributed by atoms with E-state index < -0.39 is 29.4 Å². The van der Waals surface area contributed by atoms with Crippen molar-refractivity contribution >= 4 is 17.8 Å². The molecular formula is C32H40F3N3O4. The third-order valence-electron chi connectivity index (χ3n) is 8.70. The van der Waals surface area contributed by atoms with Gasteiger partial charge in [-0.25, -0.2) is 9.69 Å². The lowest BCUT2D eigenvalue weighted by atomic mass is 9.72. The predicted octanol–water partition coefficient (Wildman–Crippen LogP) is 6.66. The van der Waals surface area contributed by atoms with E-state index in [4.69, 9.17) is 4.74 Å². The van der Waals surface area contributed by atoms with Gasteiger partial charge in [0.05, 0.1) is 5.56 Å². The molecule has 1 N–H and O–H groups in total. The minimum atomic E-state index is -4.36. The van der Waals surface area contributed by atoms with E-state index in [1.165, 1.54) is 12.1 Å². The van der Waals surface area contributed by atoms with Crippen molar-refractivity contribution in [1.82, 2.24) is 15.1 Å². The molecule has 42 heavy (non-hydrogen) atoms. The van der Waals surface area contributed by atoms with Crippen molar-refractivity contribution in [3.05, 3.63) is 65.2 Å². The standard InChI is InChI=1S/C32H40F3N3O4/c1-4-31(5-2)28(40)38(30(41)36-19-7-6-8-23-9-13-25(14-10-23)32(33,34)35)29(31)42-26-15-11-24(12-16-26)27(39)37-20-17-22(3)18-21-37/h9-16,22,29H,4-8,17-21H2,1-3H3,(H,36,41). The summed E-state index contributed by atoms with van der Waals surface area (Å²) in [6, 6.07) is 11.4. The fourth-order valence-electron chi connectivity index (χ4n) is 5.69. The fraction of sp³-hybridized carbons (Fsp3) is 0.531. The minimum Gasteiger partial charge on any atom is -0.469 e. The first-order chi connectivity index (χ1) is 20.0. The van der Waals surface area contributed by atoms with E-state index in [2.05, 4.69) is 12.2 Å². The van der Waals surface area contributed by atoms with Crippen LogP contribution in [0.1, 0.15) is 80.8 Å². The fourth-order valence-corrected chi connectivity index (χ4v) is 5.69. The molecule has 4 rings (SSSR count). The van der Waals surface area contributed by atoms with Gasteiger partial charge >= 0.3 is 12.2 Å². The maximum absolute atomic E-state index is 13.2. The Morgan fingerprint density at radius 2 is 1.60 bits per heavy atom. The number of alkyl halides is 3. The molecule has 7 nitrogen and oxygen atoms in total. The smallest absolute Gasteiger partial charge is 0.416 e. The number of nitrogens with zero attached hydrogens (tertiary/aromatic N) is 2. The maximum Gasteiger partial charge on any atom is 0.416 e. The Hall–Kier alpha value is -3.56. The second-order valence-corrected chi connectivity index (χ2v) is 11.4. The number of hydrogen-bond acceptors (Lipinski definition) is 4. The summed E-state index contributed by atoms with van der Waals surface area (Å²) >= 11 is 0. The van der Waals surface area contributed by atoms with Gasteiger partial charge in [-0.1, -0.05) is 32.9 Å². The summed E-state index contributed by atoms with van der Waals surface area (Å²) in [5.41, 5.74) is -0.139. The van der Waals surface area contributed by atoms with Crippen LogP contribution in [0.4, 0.5) is 18.0 Å². The monoisotopic (exact) mass is 587 g/mol. The van der Waals surface area contributed by atoms with Crippen LogP contribution in [0.3, 0.4) is 0 Å². The molecule has 0 bridgehead atoms. The van der Waals surface area contributed by atoms with Gasteiger partial charge in [-0.15, -0.1) is 0 Å². The first kappa shape index (κ1) is 31.4. The van der Waals surface area contributed by atoms with Gasteiger partial charge in [-0.3, -0.25) is 9.59 Å². The lowest BCUT2D eigenvalue weighted by Gasteiger charge is -2.53. The molecule has 2 aromatic carbocycles. The molecule has 4 amide bonds. The SMILES string of the molecule is CCC1(CC)C(=O)N(C(=O)NCCCCc2ccc(C(F)(F)F)cc2)C1Oc1ccc(C(=O)N2CCC(C)CC2)cc1. The Labute approximate surface area is 245 Å². The van der Waals surface area contributed by atoms with Gasteiger partial charge in [-0.05, 0) is 92.8 Å². The molecule has 0 aromatic heterocycles. The normalized spacial score (nSPS) is 18.9. The van der Waals surface area contributed by atoms with E-state index in [-0.39, 0.29) is 11.8 Å². The number of carbonyl (C=O) groups excluding carboxylic acids is 3. The van der Waals surface area contributed by atoms with Crippen LogP contribution in [0, 0.1) is 11.3 Å². The third kappa shape index (κ3) is 6.73. The highest BCUT2D eigenvalue weighted by Gasteiger charge is 2.62. The summed E-state index contributed by atoms with van der Waals surface area (Å²) in [5, 5.41) is 2.78. The molecule has 2 fully saturated rings. The highest BCUT2D eigenvalue weighted by Crippen LogP contribution is 2.46. The number of aryl methyl sites for hydroxylation is 1. The summed E-state index contributed by atoms with van der Waals surface area (Å²) in [4.78, 5) is 42.1. The molecule has 2 aliphatic rings. The molecule has 1 atom stereocenters. The van der Waals surface area contributed by atoms with Gasteiger partial charge in [0.1, 0.15) is 11.2 Å². The molecule has 1 unspecified atom stereocenters. The van der Waals surface area contributed by atoms with E-state index in [1.54, 1.807) is 24.3 Å². The minimum absolute atomic E-state index is 0.0111. The average molecular weight is 588 g/mol. The number of rotatable bonds is 10. The average Bonchev–Trinajstić information content (AvgIpc) is 2.98. The Bertz CT molecular complexity index is 1240. The number of nitrogens with one attached hydrogen (secondary N) is 1. The van der Waals surface area contributed by atoms with Gasteiger partial charge < -0.3 is 15.0 Å².